The number of rotatable bonds is 8. The second-order valence-corrected chi connectivity index (χ2v) is 8.87. The van der Waals surface area contributed by atoms with Crippen molar-refractivity contribution >= 4 is 30.2 Å². The van der Waals surface area contributed by atoms with Crippen LogP contribution in [0.25, 0.3) is 6.08 Å². The van der Waals surface area contributed by atoms with Crippen LogP contribution in [0, 0.1) is 13.8 Å². The normalized spacial score (nSPS) is 11.8. The summed E-state index contributed by atoms with van der Waals surface area (Å²) >= 11 is 0. The van der Waals surface area contributed by atoms with Gasteiger partial charge in [0.2, 0.25) is 11.8 Å². The van der Waals surface area contributed by atoms with E-state index in [1.807, 2.05) is 27.7 Å². The summed E-state index contributed by atoms with van der Waals surface area (Å²) in [6.45, 7) is 12.0. The average molecular weight is 499 g/mol. The van der Waals surface area contributed by atoms with Crippen molar-refractivity contribution in [3.63, 3.8) is 0 Å². The molecule has 0 amide bonds. The molecule has 36 heavy (non-hydrogen) atoms. The molecule has 0 unspecified atom stereocenters. The Morgan fingerprint density at radius 2 is 1.61 bits per heavy atom. The van der Waals surface area contributed by atoms with Gasteiger partial charge in [0.15, 0.2) is 17.2 Å². The van der Waals surface area contributed by atoms with E-state index in [2.05, 4.69) is 9.97 Å². The van der Waals surface area contributed by atoms with Gasteiger partial charge in [-0.05, 0) is 42.4 Å². The number of carbonyl (C=O) groups excluding carboxylic acids is 3. The molecule has 0 radical (unpaired) electrons. The van der Waals surface area contributed by atoms with Gasteiger partial charge in [0.1, 0.15) is 13.7 Å². The van der Waals surface area contributed by atoms with E-state index in [0.29, 0.717) is 28.3 Å². The minimum absolute atomic E-state index is 0.0551. The van der Waals surface area contributed by atoms with E-state index in [1.165, 1.54) is 38.1 Å². The summed E-state index contributed by atoms with van der Waals surface area (Å²) in [6, 6.07) is 4.54. The van der Waals surface area contributed by atoms with E-state index < -0.39 is 17.9 Å². The van der Waals surface area contributed by atoms with Crippen LogP contribution < -0.4 is 9.47 Å². The van der Waals surface area contributed by atoms with Gasteiger partial charge in [0.25, 0.3) is 0 Å². The molecule has 0 aliphatic rings. The number of ether oxygens (including phenoxy) is 3. The van der Waals surface area contributed by atoms with Crippen molar-refractivity contribution in [2.45, 2.75) is 60.6 Å². The molecule has 0 fully saturated rings. The summed E-state index contributed by atoms with van der Waals surface area (Å²) in [7, 11) is 1.59. The monoisotopic (exact) mass is 498 g/mol. The third-order valence-corrected chi connectivity index (χ3v) is 4.71. The van der Waals surface area contributed by atoms with Crippen molar-refractivity contribution in [3.05, 3.63) is 52.6 Å². The Labute approximate surface area is 210 Å². The molecule has 0 N–H and O–H groups in total. The number of hydrogen-bond acceptors (Lipinski definition) is 9. The molecule has 10 heteroatoms. The van der Waals surface area contributed by atoms with Gasteiger partial charge in [-0.15, -0.1) is 0 Å². The number of benzene rings is 1. The van der Waals surface area contributed by atoms with Crippen LogP contribution in [0.3, 0.4) is 0 Å². The number of hydroxylamine groups is 1. The molecule has 1 aromatic heterocycles. The van der Waals surface area contributed by atoms with Gasteiger partial charge in [0, 0.05) is 40.7 Å². The third kappa shape index (κ3) is 8.30. The highest BCUT2D eigenvalue weighted by Crippen LogP contribution is 2.29. The Bertz CT molecular complexity index is 1210. The molecule has 10 nitrogen and oxygen atoms in total. The van der Waals surface area contributed by atoms with E-state index in [0.717, 1.165) is 0 Å². The molecule has 0 saturated heterocycles. The first-order chi connectivity index (χ1) is 16.8. The zero-order valence-electron chi connectivity index (χ0n) is 21.9. The standard InChI is InChI=1S/C26H32N3O7/c1-16-21(14-29(33-8)26(5,6)7)27-17(2)22(28-16)15-34-25(32)12-10-20-9-11-23(35-18(3)30)24(13-20)36-19(4)31/h9-14H,15H2,1-8H3/q+1/b12-10+. The van der Waals surface area contributed by atoms with E-state index in [-0.39, 0.29) is 23.6 Å². The Morgan fingerprint density at radius 3 is 2.19 bits per heavy atom. The van der Waals surface area contributed by atoms with Gasteiger partial charge in [0.05, 0.1) is 17.1 Å². The highest BCUT2D eigenvalue weighted by Gasteiger charge is 2.27. The zero-order chi connectivity index (χ0) is 27.0. The number of nitrogens with zero attached hydrogens (tertiary/aromatic N) is 3. The van der Waals surface area contributed by atoms with Crippen LogP contribution in [0.2, 0.25) is 0 Å². The number of aryl methyl sites for hydroxylation is 2. The molecule has 0 atom stereocenters. The summed E-state index contributed by atoms with van der Waals surface area (Å²) in [5.41, 5.74) is 2.75. The molecule has 1 aromatic carbocycles. The first-order valence-electron chi connectivity index (χ1n) is 11.2. The molecule has 0 bridgehead atoms. The maximum absolute atomic E-state index is 12.3. The molecule has 192 valence electrons. The lowest BCUT2D eigenvalue weighted by Crippen LogP contribution is -2.33. The Morgan fingerprint density at radius 1 is 0.972 bits per heavy atom. The SMILES string of the molecule is CO/[N+](=C\c1nc(C)c(COC(=O)/C=C/c2ccc(OC(C)=O)c(OC(C)=O)c2)nc1C)C(C)(C)C. The van der Waals surface area contributed by atoms with Crippen LogP contribution in [-0.4, -0.2) is 51.5 Å². The highest BCUT2D eigenvalue weighted by molar-refractivity contribution is 5.87. The summed E-state index contributed by atoms with van der Waals surface area (Å²) in [5.74, 6) is -1.57. The van der Waals surface area contributed by atoms with Gasteiger partial charge < -0.3 is 14.2 Å². The molecule has 0 aliphatic carbocycles. The quantitative estimate of drug-likeness (QED) is 0.135. The molecule has 1 heterocycles. The lowest BCUT2D eigenvalue weighted by molar-refractivity contribution is -0.821. The Kier molecular flexibility index (Phi) is 9.43. The van der Waals surface area contributed by atoms with Gasteiger partial charge in [-0.2, -0.15) is 0 Å². The lowest BCUT2D eigenvalue weighted by Gasteiger charge is -2.14. The van der Waals surface area contributed by atoms with Crippen molar-refractivity contribution in [1.82, 2.24) is 9.97 Å². The summed E-state index contributed by atoms with van der Waals surface area (Å²) < 4.78 is 17.1. The van der Waals surface area contributed by atoms with Crippen LogP contribution in [0.4, 0.5) is 0 Å². The highest BCUT2D eigenvalue weighted by atomic mass is 16.7. The first-order valence-corrected chi connectivity index (χ1v) is 11.2. The van der Waals surface area contributed by atoms with Crippen LogP contribution in [0.5, 0.6) is 11.5 Å². The fourth-order valence-electron chi connectivity index (χ4n) is 3.01. The molecule has 0 aliphatic heterocycles. The van der Waals surface area contributed by atoms with Gasteiger partial charge in [-0.3, -0.25) is 19.4 Å². The smallest absolute Gasteiger partial charge is 0.331 e. The van der Waals surface area contributed by atoms with Gasteiger partial charge in [-0.1, -0.05) is 6.07 Å². The fourth-order valence-corrected chi connectivity index (χ4v) is 3.01. The van der Waals surface area contributed by atoms with Gasteiger partial charge in [-0.25, -0.2) is 9.78 Å². The van der Waals surface area contributed by atoms with E-state index in [4.69, 9.17) is 19.0 Å². The minimum atomic E-state index is -0.596. The lowest BCUT2D eigenvalue weighted by atomic mass is 10.1. The van der Waals surface area contributed by atoms with Crippen molar-refractivity contribution in [2.24, 2.45) is 0 Å². The van der Waals surface area contributed by atoms with Crippen molar-refractivity contribution in [2.75, 3.05) is 7.11 Å². The molecule has 0 saturated carbocycles. The minimum Gasteiger partial charge on any atom is -0.456 e. The van der Waals surface area contributed by atoms with Crippen LogP contribution in [-0.2, 0) is 30.6 Å². The molecular formula is C26H32N3O7+. The number of carbonyl (C=O) groups is 3. The molecular weight excluding hydrogens is 466 g/mol. The maximum Gasteiger partial charge on any atom is 0.331 e. The maximum atomic E-state index is 12.3. The second-order valence-electron chi connectivity index (χ2n) is 8.87. The van der Waals surface area contributed by atoms with Crippen LogP contribution in [0.1, 0.15) is 63.0 Å². The summed E-state index contributed by atoms with van der Waals surface area (Å²) in [5, 5.41) is 0. The predicted molar refractivity (Wildman–Crippen MR) is 132 cm³/mol. The third-order valence-electron chi connectivity index (χ3n) is 4.71. The van der Waals surface area contributed by atoms with E-state index in [9.17, 15) is 14.4 Å². The van der Waals surface area contributed by atoms with Crippen molar-refractivity contribution < 1.29 is 38.2 Å². The number of hydrogen-bond donors (Lipinski definition) is 0. The van der Waals surface area contributed by atoms with Crippen molar-refractivity contribution in [3.8, 4) is 11.5 Å². The zero-order valence-corrected chi connectivity index (χ0v) is 21.9. The van der Waals surface area contributed by atoms with E-state index >= 15 is 0 Å². The Balaban J connectivity index is 2.12. The molecule has 2 rings (SSSR count). The summed E-state index contributed by atoms with van der Waals surface area (Å²) in [4.78, 5) is 49.4. The van der Waals surface area contributed by atoms with Crippen LogP contribution >= 0.6 is 0 Å². The number of esters is 3. The van der Waals surface area contributed by atoms with Gasteiger partial charge >= 0.3 is 17.9 Å². The topological polar surface area (TPSA) is 117 Å². The van der Waals surface area contributed by atoms with Crippen molar-refractivity contribution in [1.29, 1.82) is 0 Å². The van der Waals surface area contributed by atoms with Crippen LogP contribution in [0.15, 0.2) is 24.3 Å². The van der Waals surface area contributed by atoms with E-state index in [1.54, 1.807) is 31.1 Å². The number of aromatic nitrogens is 2. The fraction of sp³-hybridized carbons (Fsp3) is 0.385. The summed E-state index contributed by atoms with van der Waals surface area (Å²) in [6.07, 6.45) is 4.50. The second kappa shape index (κ2) is 12.1. The molecule has 2 aromatic rings. The Hall–Kier alpha value is -4.08. The average Bonchev–Trinajstić information content (AvgIpc) is 2.76. The predicted octanol–water partition coefficient (Wildman–Crippen LogP) is 3.49. The first kappa shape index (κ1) is 28.2. The molecule has 0 spiro atoms. The largest absolute Gasteiger partial charge is 0.456 e.